The average molecular weight is 315 g/mol. The van der Waals surface area contributed by atoms with E-state index in [1.165, 1.54) is 17.2 Å². The number of thiophene rings is 1. The van der Waals surface area contributed by atoms with E-state index in [1.54, 1.807) is 6.07 Å². The third kappa shape index (κ3) is 2.76. The van der Waals surface area contributed by atoms with E-state index in [4.69, 9.17) is 5.11 Å². The molecule has 2 N–H and O–H groups in total. The molecule has 0 unspecified atom stereocenters. The second kappa shape index (κ2) is 5.57. The van der Waals surface area contributed by atoms with Crippen molar-refractivity contribution in [3.63, 3.8) is 0 Å². The summed E-state index contributed by atoms with van der Waals surface area (Å²) in [4.78, 5) is 23.7. The predicted molar refractivity (Wildman–Crippen MR) is 85.7 cm³/mol. The number of carboxylic acid groups (broad SMARTS) is 1. The first-order valence-corrected chi connectivity index (χ1v) is 8.01. The number of carbonyl (C=O) groups excluding carboxylic acids is 1. The van der Waals surface area contributed by atoms with Gasteiger partial charge in [0.05, 0.1) is 4.88 Å². The number of carbonyl (C=O) groups is 2. The van der Waals surface area contributed by atoms with Gasteiger partial charge in [-0.2, -0.15) is 0 Å². The van der Waals surface area contributed by atoms with Crippen LogP contribution in [-0.2, 0) is 5.41 Å². The molecular formula is C17H17NO3S. The lowest BCUT2D eigenvalue weighted by Crippen LogP contribution is -2.32. The van der Waals surface area contributed by atoms with E-state index < -0.39 is 5.97 Å². The van der Waals surface area contributed by atoms with E-state index in [1.807, 2.05) is 12.1 Å². The largest absolute Gasteiger partial charge is 0.477 e. The summed E-state index contributed by atoms with van der Waals surface area (Å²) in [6.45, 7) is 2.69. The molecule has 0 aliphatic heterocycles. The second-order valence-electron chi connectivity index (χ2n) is 5.75. The molecule has 1 aliphatic rings. The van der Waals surface area contributed by atoms with E-state index in [2.05, 4.69) is 24.4 Å². The number of hydrogen-bond donors (Lipinski definition) is 2. The van der Waals surface area contributed by atoms with Crippen LogP contribution in [0.4, 0.5) is 0 Å². The first-order chi connectivity index (χ1) is 10.5. The fraction of sp³-hybridized carbons (Fsp3) is 0.294. The van der Waals surface area contributed by atoms with Crippen LogP contribution in [0.1, 0.15) is 43.3 Å². The number of aromatic carboxylic acids is 1. The van der Waals surface area contributed by atoms with Crippen LogP contribution in [0.5, 0.6) is 0 Å². The van der Waals surface area contributed by atoms with E-state index >= 15 is 0 Å². The van der Waals surface area contributed by atoms with Gasteiger partial charge in [-0.25, -0.2) is 4.79 Å². The van der Waals surface area contributed by atoms with Crippen LogP contribution in [0.25, 0.3) is 0 Å². The van der Waals surface area contributed by atoms with Crippen LogP contribution >= 0.6 is 11.3 Å². The molecule has 114 valence electrons. The topological polar surface area (TPSA) is 66.4 Å². The molecule has 1 amide bonds. The van der Waals surface area contributed by atoms with Crippen LogP contribution in [0.2, 0.25) is 0 Å². The highest BCUT2D eigenvalue weighted by atomic mass is 32.1. The Morgan fingerprint density at radius 1 is 1.18 bits per heavy atom. The maximum atomic E-state index is 12.2. The van der Waals surface area contributed by atoms with E-state index in [0.717, 1.165) is 24.2 Å². The summed E-state index contributed by atoms with van der Waals surface area (Å²) in [6, 6.07) is 11.3. The minimum absolute atomic E-state index is 0.0495. The molecule has 1 aromatic heterocycles. The van der Waals surface area contributed by atoms with Crippen molar-refractivity contribution in [3.05, 3.63) is 57.3 Å². The molecule has 1 aliphatic carbocycles. The molecule has 5 heteroatoms. The summed E-state index contributed by atoms with van der Waals surface area (Å²) in [7, 11) is 0. The lowest BCUT2D eigenvalue weighted by atomic mass is 9.92. The van der Waals surface area contributed by atoms with Crippen LogP contribution in [0.3, 0.4) is 0 Å². The third-order valence-corrected chi connectivity index (χ3v) is 5.27. The highest BCUT2D eigenvalue weighted by Gasteiger charge is 2.45. The lowest BCUT2D eigenvalue weighted by molar-refractivity contribution is 0.0702. The Kier molecular flexibility index (Phi) is 3.74. The smallest absolute Gasteiger partial charge is 0.345 e. The fourth-order valence-corrected chi connectivity index (χ4v) is 3.53. The van der Waals surface area contributed by atoms with Gasteiger partial charge >= 0.3 is 5.97 Å². The van der Waals surface area contributed by atoms with Crippen LogP contribution in [0.15, 0.2) is 36.4 Å². The molecule has 0 spiro atoms. The molecule has 3 rings (SSSR count). The van der Waals surface area contributed by atoms with Crippen LogP contribution in [-0.4, -0.2) is 23.5 Å². The first-order valence-electron chi connectivity index (χ1n) is 7.19. The Bertz CT molecular complexity index is 731. The van der Waals surface area contributed by atoms with Gasteiger partial charge in [0.15, 0.2) is 0 Å². The number of carboxylic acids is 1. The SMILES string of the molecule is Cc1ccccc1C1(CNC(=O)c2ccc(C(=O)O)s2)CC1. The van der Waals surface area contributed by atoms with Gasteiger partial charge < -0.3 is 10.4 Å². The normalized spacial score (nSPS) is 15.3. The maximum Gasteiger partial charge on any atom is 0.345 e. The number of hydrogen-bond acceptors (Lipinski definition) is 3. The zero-order valence-electron chi connectivity index (χ0n) is 12.3. The first kappa shape index (κ1) is 14.8. The van der Waals surface area contributed by atoms with E-state index in [-0.39, 0.29) is 16.2 Å². The van der Waals surface area contributed by atoms with E-state index in [9.17, 15) is 9.59 Å². The van der Waals surface area contributed by atoms with Gasteiger partial charge in [0, 0.05) is 12.0 Å². The summed E-state index contributed by atoms with van der Waals surface area (Å²) in [5.41, 5.74) is 2.60. The van der Waals surface area contributed by atoms with Crippen molar-refractivity contribution in [1.82, 2.24) is 5.32 Å². The van der Waals surface area contributed by atoms with Gasteiger partial charge in [0.2, 0.25) is 0 Å². The van der Waals surface area contributed by atoms with Crippen molar-refractivity contribution in [3.8, 4) is 0 Å². The van der Waals surface area contributed by atoms with Gasteiger partial charge in [-0.15, -0.1) is 11.3 Å². The average Bonchev–Trinajstić information content (AvgIpc) is 3.10. The molecule has 1 saturated carbocycles. The second-order valence-corrected chi connectivity index (χ2v) is 6.83. The van der Waals surface area contributed by atoms with Crippen LogP contribution in [0, 0.1) is 6.92 Å². The number of rotatable bonds is 5. The van der Waals surface area contributed by atoms with Crippen molar-refractivity contribution < 1.29 is 14.7 Å². The highest BCUT2D eigenvalue weighted by molar-refractivity contribution is 7.15. The molecule has 0 atom stereocenters. The Labute approximate surface area is 132 Å². The van der Waals surface area contributed by atoms with Crippen molar-refractivity contribution in [2.45, 2.75) is 25.2 Å². The minimum Gasteiger partial charge on any atom is -0.477 e. The summed E-state index contributed by atoms with van der Waals surface area (Å²) >= 11 is 1.01. The monoisotopic (exact) mass is 315 g/mol. The summed E-state index contributed by atoms with van der Waals surface area (Å²) < 4.78 is 0. The molecule has 1 fully saturated rings. The van der Waals surface area contributed by atoms with Gasteiger partial charge in [0.25, 0.3) is 5.91 Å². The van der Waals surface area contributed by atoms with Gasteiger partial charge in [0.1, 0.15) is 4.88 Å². The van der Waals surface area contributed by atoms with E-state index in [0.29, 0.717) is 11.4 Å². The van der Waals surface area contributed by atoms with Crippen molar-refractivity contribution >= 4 is 23.2 Å². The number of benzene rings is 1. The fourth-order valence-electron chi connectivity index (χ4n) is 2.77. The minimum atomic E-state index is -0.998. The quantitative estimate of drug-likeness (QED) is 0.890. The molecule has 4 nitrogen and oxygen atoms in total. The summed E-state index contributed by atoms with van der Waals surface area (Å²) in [5.74, 6) is -1.19. The Morgan fingerprint density at radius 2 is 1.86 bits per heavy atom. The van der Waals surface area contributed by atoms with Crippen molar-refractivity contribution in [2.24, 2.45) is 0 Å². The molecule has 2 aromatic rings. The van der Waals surface area contributed by atoms with Crippen molar-refractivity contribution in [1.29, 1.82) is 0 Å². The molecule has 0 radical (unpaired) electrons. The summed E-state index contributed by atoms with van der Waals surface area (Å²) in [6.07, 6.45) is 2.14. The lowest BCUT2D eigenvalue weighted by Gasteiger charge is -2.18. The molecular weight excluding hydrogens is 298 g/mol. The number of amides is 1. The van der Waals surface area contributed by atoms with Crippen molar-refractivity contribution in [2.75, 3.05) is 6.54 Å². The third-order valence-electron chi connectivity index (χ3n) is 4.20. The van der Waals surface area contributed by atoms with Gasteiger partial charge in [-0.05, 0) is 43.0 Å². The van der Waals surface area contributed by atoms with Crippen LogP contribution < -0.4 is 5.32 Å². The molecule has 1 heterocycles. The standard InChI is InChI=1S/C17H17NO3S/c1-11-4-2-3-5-12(11)17(8-9-17)10-18-15(19)13-6-7-14(22-13)16(20)21/h2-7H,8-10H2,1H3,(H,18,19)(H,20,21). The number of nitrogens with one attached hydrogen (secondary N) is 1. The summed E-state index contributed by atoms with van der Waals surface area (Å²) in [5, 5.41) is 11.9. The number of aryl methyl sites for hydroxylation is 1. The van der Waals surface area contributed by atoms with Gasteiger partial charge in [-0.3, -0.25) is 4.79 Å². The molecule has 1 aromatic carbocycles. The van der Waals surface area contributed by atoms with Gasteiger partial charge in [-0.1, -0.05) is 24.3 Å². The zero-order valence-corrected chi connectivity index (χ0v) is 13.1. The maximum absolute atomic E-state index is 12.2. The predicted octanol–water partition coefficient (Wildman–Crippen LogP) is 3.22. The molecule has 0 saturated heterocycles. The highest BCUT2D eigenvalue weighted by Crippen LogP contribution is 2.48. The molecule has 22 heavy (non-hydrogen) atoms. The Balaban J connectivity index is 1.68. The zero-order chi connectivity index (χ0) is 15.7. The Hall–Kier alpha value is -2.14. The molecule has 0 bridgehead atoms. The Morgan fingerprint density at radius 3 is 2.45 bits per heavy atom.